The van der Waals surface area contributed by atoms with Crippen molar-refractivity contribution in [3.63, 3.8) is 0 Å². The Morgan fingerprint density at radius 3 is 2.57 bits per heavy atom. The first-order valence-electron chi connectivity index (χ1n) is 10.00. The highest BCUT2D eigenvalue weighted by Gasteiger charge is 2.09. The summed E-state index contributed by atoms with van der Waals surface area (Å²) in [6.45, 7) is 7.16. The number of rotatable bonds is 9. The van der Waals surface area contributed by atoms with E-state index in [1.165, 1.54) is 23.0 Å². The quantitative estimate of drug-likeness (QED) is 0.574. The zero-order chi connectivity index (χ0) is 21.5. The molecule has 0 radical (unpaired) electrons. The fraction of sp³-hybridized carbons (Fsp3) is 0.304. The second-order valence-corrected chi connectivity index (χ2v) is 6.71. The molecule has 1 heterocycles. The molecule has 0 bridgehead atoms. The maximum absolute atomic E-state index is 13.9. The fourth-order valence-electron chi connectivity index (χ4n) is 3.04. The number of hydrogen-bond donors (Lipinski definition) is 1. The molecule has 0 saturated heterocycles. The summed E-state index contributed by atoms with van der Waals surface area (Å²) >= 11 is 0. The molecule has 30 heavy (non-hydrogen) atoms. The summed E-state index contributed by atoms with van der Waals surface area (Å²) in [5.41, 5.74) is 1.70. The largest absolute Gasteiger partial charge is 0.490 e. The van der Waals surface area contributed by atoms with Crippen LogP contribution in [0.3, 0.4) is 0 Å². The fourth-order valence-corrected chi connectivity index (χ4v) is 3.04. The molecule has 0 aliphatic carbocycles. The minimum Gasteiger partial charge on any atom is -0.490 e. The monoisotopic (exact) mass is 411 g/mol. The van der Waals surface area contributed by atoms with Crippen molar-refractivity contribution < 1.29 is 13.9 Å². The molecule has 0 unspecified atom stereocenters. The standard InChI is InChI=1S/C23H26FN3O3/c1-4-29-20-9-7-17(14-21(20)30-5-2)10-11-25-22-23(28)27(13-12-26-22)18-8-6-16(3)19(24)15-18/h6-9,12-15H,4-5,10-11H2,1-3H3,(H,25,26). The molecule has 158 valence electrons. The van der Waals surface area contributed by atoms with Crippen LogP contribution in [0.15, 0.2) is 53.6 Å². The van der Waals surface area contributed by atoms with Crippen molar-refractivity contribution in [1.29, 1.82) is 0 Å². The Morgan fingerprint density at radius 1 is 1.07 bits per heavy atom. The van der Waals surface area contributed by atoms with Gasteiger partial charge in [0, 0.05) is 18.9 Å². The minimum atomic E-state index is -0.355. The predicted molar refractivity (Wildman–Crippen MR) is 116 cm³/mol. The maximum Gasteiger partial charge on any atom is 0.297 e. The van der Waals surface area contributed by atoms with Crippen LogP contribution in [0.5, 0.6) is 11.5 Å². The number of halogens is 1. The molecule has 6 nitrogen and oxygen atoms in total. The molecule has 7 heteroatoms. The molecule has 0 amide bonds. The predicted octanol–water partition coefficient (Wildman–Crippen LogP) is 4.13. The first kappa shape index (κ1) is 21.4. The SMILES string of the molecule is CCOc1ccc(CCNc2nccn(-c3ccc(C)c(F)c3)c2=O)cc1OCC. The summed E-state index contributed by atoms with van der Waals surface area (Å²) in [5.74, 6) is 1.29. The number of hydrogen-bond acceptors (Lipinski definition) is 5. The second kappa shape index (κ2) is 9.91. The van der Waals surface area contributed by atoms with Crippen molar-refractivity contribution in [2.24, 2.45) is 0 Å². The summed E-state index contributed by atoms with van der Waals surface area (Å²) in [4.78, 5) is 16.9. The van der Waals surface area contributed by atoms with E-state index in [2.05, 4.69) is 10.3 Å². The van der Waals surface area contributed by atoms with Gasteiger partial charge >= 0.3 is 0 Å². The molecule has 1 aromatic heterocycles. The first-order valence-corrected chi connectivity index (χ1v) is 10.00. The third kappa shape index (κ3) is 4.97. The summed E-state index contributed by atoms with van der Waals surface area (Å²) in [6, 6.07) is 10.5. The van der Waals surface area contributed by atoms with Crippen LogP contribution in [0, 0.1) is 12.7 Å². The second-order valence-electron chi connectivity index (χ2n) is 6.71. The van der Waals surface area contributed by atoms with Gasteiger partial charge in [0.1, 0.15) is 5.82 Å². The first-order chi connectivity index (χ1) is 14.5. The van der Waals surface area contributed by atoms with Crippen molar-refractivity contribution in [2.45, 2.75) is 27.2 Å². The lowest BCUT2D eigenvalue weighted by Gasteiger charge is -2.13. The highest BCUT2D eigenvalue weighted by atomic mass is 19.1. The van der Waals surface area contributed by atoms with E-state index in [9.17, 15) is 9.18 Å². The van der Waals surface area contributed by atoms with Crippen LogP contribution in [-0.2, 0) is 6.42 Å². The summed E-state index contributed by atoms with van der Waals surface area (Å²) in [5, 5.41) is 3.08. The van der Waals surface area contributed by atoms with E-state index < -0.39 is 0 Å². The molecular formula is C23H26FN3O3. The van der Waals surface area contributed by atoms with E-state index >= 15 is 0 Å². The third-order valence-corrected chi connectivity index (χ3v) is 4.59. The van der Waals surface area contributed by atoms with E-state index in [1.54, 1.807) is 19.1 Å². The van der Waals surface area contributed by atoms with Gasteiger partial charge in [0.2, 0.25) is 0 Å². The molecule has 0 aliphatic heterocycles. The van der Waals surface area contributed by atoms with Crippen molar-refractivity contribution in [3.8, 4) is 17.2 Å². The van der Waals surface area contributed by atoms with Gasteiger partial charge in [-0.1, -0.05) is 12.1 Å². The van der Waals surface area contributed by atoms with E-state index in [1.807, 2.05) is 32.0 Å². The third-order valence-electron chi connectivity index (χ3n) is 4.59. The van der Waals surface area contributed by atoms with Gasteiger partial charge in [-0.2, -0.15) is 0 Å². The van der Waals surface area contributed by atoms with Crippen molar-refractivity contribution in [2.75, 3.05) is 25.1 Å². The molecule has 0 spiro atoms. The number of benzene rings is 2. The molecule has 2 aromatic carbocycles. The molecule has 0 fully saturated rings. The van der Waals surface area contributed by atoms with Crippen LogP contribution in [0.4, 0.5) is 10.2 Å². The lowest BCUT2D eigenvalue weighted by molar-refractivity contribution is 0.287. The van der Waals surface area contributed by atoms with Gasteiger partial charge in [0.25, 0.3) is 5.56 Å². The number of aromatic nitrogens is 2. The Labute approximate surface area is 175 Å². The van der Waals surface area contributed by atoms with E-state index in [0.29, 0.717) is 48.9 Å². The van der Waals surface area contributed by atoms with Crippen LogP contribution in [0.2, 0.25) is 0 Å². The van der Waals surface area contributed by atoms with Crippen LogP contribution in [0.1, 0.15) is 25.0 Å². The van der Waals surface area contributed by atoms with Gasteiger partial charge in [-0.3, -0.25) is 9.36 Å². The number of aryl methyl sites for hydroxylation is 1. The van der Waals surface area contributed by atoms with Gasteiger partial charge in [-0.25, -0.2) is 9.37 Å². The maximum atomic E-state index is 13.9. The Balaban J connectivity index is 1.71. The summed E-state index contributed by atoms with van der Waals surface area (Å²) in [7, 11) is 0. The minimum absolute atomic E-state index is 0.217. The lowest BCUT2D eigenvalue weighted by Crippen LogP contribution is -2.24. The number of ether oxygens (including phenoxy) is 2. The van der Waals surface area contributed by atoms with Crippen LogP contribution in [-0.4, -0.2) is 29.3 Å². The molecule has 0 atom stereocenters. The Bertz CT molecular complexity index is 1070. The van der Waals surface area contributed by atoms with Gasteiger partial charge < -0.3 is 14.8 Å². The number of nitrogens with one attached hydrogen (secondary N) is 1. The molecule has 3 rings (SSSR count). The van der Waals surface area contributed by atoms with E-state index in [0.717, 1.165) is 5.56 Å². The van der Waals surface area contributed by atoms with Crippen molar-refractivity contribution in [3.05, 3.63) is 76.1 Å². The molecule has 3 aromatic rings. The molecular weight excluding hydrogens is 385 g/mol. The zero-order valence-corrected chi connectivity index (χ0v) is 17.4. The molecule has 0 aliphatic rings. The van der Waals surface area contributed by atoms with Crippen molar-refractivity contribution in [1.82, 2.24) is 9.55 Å². The average molecular weight is 411 g/mol. The topological polar surface area (TPSA) is 65.4 Å². The van der Waals surface area contributed by atoms with E-state index in [-0.39, 0.29) is 17.2 Å². The highest BCUT2D eigenvalue weighted by Crippen LogP contribution is 2.28. The summed E-state index contributed by atoms with van der Waals surface area (Å²) in [6.07, 6.45) is 3.71. The van der Waals surface area contributed by atoms with E-state index in [4.69, 9.17) is 9.47 Å². The van der Waals surface area contributed by atoms with Gasteiger partial charge in [0.05, 0.1) is 18.9 Å². The highest BCUT2D eigenvalue weighted by molar-refractivity contribution is 5.44. The molecule has 1 N–H and O–H groups in total. The van der Waals surface area contributed by atoms with Crippen molar-refractivity contribution >= 4 is 5.82 Å². The normalized spacial score (nSPS) is 10.7. The smallest absolute Gasteiger partial charge is 0.297 e. The Hall–Kier alpha value is -3.35. The Kier molecular flexibility index (Phi) is 7.06. The lowest BCUT2D eigenvalue weighted by atomic mass is 10.1. The van der Waals surface area contributed by atoms with Crippen LogP contribution < -0.4 is 20.3 Å². The van der Waals surface area contributed by atoms with Crippen LogP contribution in [0.25, 0.3) is 5.69 Å². The molecule has 0 saturated carbocycles. The average Bonchev–Trinajstić information content (AvgIpc) is 2.73. The summed E-state index contributed by atoms with van der Waals surface area (Å²) < 4.78 is 26.5. The van der Waals surface area contributed by atoms with Gasteiger partial charge in [0.15, 0.2) is 17.3 Å². The zero-order valence-electron chi connectivity index (χ0n) is 17.4. The number of nitrogens with zero attached hydrogens (tertiary/aromatic N) is 2. The van der Waals surface area contributed by atoms with Gasteiger partial charge in [-0.05, 0) is 62.6 Å². The number of anilines is 1. The Morgan fingerprint density at radius 2 is 1.83 bits per heavy atom. The van der Waals surface area contributed by atoms with Gasteiger partial charge in [-0.15, -0.1) is 0 Å². The van der Waals surface area contributed by atoms with Crippen LogP contribution >= 0.6 is 0 Å².